The van der Waals surface area contributed by atoms with E-state index in [1.807, 2.05) is 16.8 Å². The molecule has 1 saturated heterocycles. The number of hydrogen-bond donors (Lipinski definition) is 3. The molecule has 0 saturated carbocycles. The van der Waals surface area contributed by atoms with Crippen molar-refractivity contribution in [3.05, 3.63) is 79.9 Å². The first kappa shape index (κ1) is 42.8. The van der Waals surface area contributed by atoms with E-state index in [2.05, 4.69) is 37.7 Å². The molecule has 0 aromatic carbocycles. The molecule has 0 amide bonds. The van der Waals surface area contributed by atoms with Gasteiger partial charge >= 0.3 is 36.4 Å². The predicted octanol–water partition coefficient (Wildman–Crippen LogP) is 5.00. The SMILES string of the molecule is O=C(O)C(F)(F)F.O=C(O)C(F)(F)F.O=C(O)C(F)(F)F.O=c1c2c(nc3n1CC1(CCN(Cc4ccsc4)CC1)C3)CCN(Cc1cccnc1)C2. The van der Waals surface area contributed by atoms with Crippen LogP contribution in [0.5, 0.6) is 0 Å². The van der Waals surface area contributed by atoms with Crippen molar-refractivity contribution in [3.8, 4) is 0 Å². The Kier molecular flexibility index (Phi) is 14.1. The van der Waals surface area contributed by atoms with Crippen molar-refractivity contribution in [3.63, 3.8) is 0 Å². The lowest BCUT2D eigenvalue weighted by Crippen LogP contribution is -2.41. The Morgan fingerprint density at radius 1 is 0.811 bits per heavy atom. The summed E-state index contributed by atoms with van der Waals surface area (Å²) in [6.45, 7) is 6.58. The third-order valence-corrected chi connectivity index (χ3v) is 8.99. The lowest BCUT2D eigenvalue weighted by atomic mass is 9.77. The molecule has 3 aliphatic rings. The maximum Gasteiger partial charge on any atom is 0.490 e. The lowest BCUT2D eigenvalue weighted by molar-refractivity contribution is -0.193. The zero-order valence-electron chi connectivity index (χ0n) is 27.3. The van der Waals surface area contributed by atoms with Crippen LogP contribution in [0.4, 0.5) is 39.5 Å². The fourth-order valence-corrected chi connectivity index (χ4v) is 6.35. The largest absolute Gasteiger partial charge is 0.490 e. The number of carbonyl (C=O) groups is 3. The van der Waals surface area contributed by atoms with Gasteiger partial charge in [0.2, 0.25) is 0 Å². The number of thiophene rings is 1. The van der Waals surface area contributed by atoms with Crippen molar-refractivity contribution >= 4 is 29.2 Å². The number of rotatable bonds is 4. The number of piperidine rings is 1. The molecule has 0 unspecified atom stereocenters. The summed E-state index contributed by atoms with van der Waals surface area (Å²) in [4.78, 5) is 54.3. The molecule has 0 radical (unpaired) electrons. The number of aliphatic carboxylic acids is 3. The second kappa shape index (κ2) is 17.5. The lowest BCUT2D eigenvalue weighted by Gasteiger charge is -2.38. The van der Waals surface area contributed by atoms with Gasteiger partial charge in [-0.15, -0.1) is 0 Å². The minimum Gasteiger partial charge on any atom is -0.475 e. The Bertz CT molecular complexity index is 1700. The number of carboxylic acids is 3. The molecule has 3 aromatic rings. The molecule has 3 aromatic heterocycles. The second-order valence-corrected chi connectivity index (χ2v) is 12.9. The van der Waals surface area contributed by atoms with Crippen molar-refractivity contribution in [2.75, 3.05) is 19.6 Å². The van der Waals surface area contributed by atoms with Gasteiger partial charge in [0.05, 0.1) is 11.3 Å². The van der Waals surface area contributed by atoms with Crippen LogP contribution < -0.4 is 5.56 Å². The van der Waals surface area contributed by atoms with Gasteiger partial charge in [-0.05, 0) is 65.4 Å². The number of likely N-dealkylation sites (tertiary alicyclic amines) is 1. The highest BCUT2D eigenvalue weighted by atomic mass is 32.1. The third-order valence-electron chi connectivity index (χ3n) is 8.26. The fourth-order valence-electron chi connectivity index (χ4n) is 5.69. The van der Waals surface area contributed by atoms with E-state index < -0.39 is 36.4 Å². The molecule has 3 N–H and O–H groups in total. The average molecular weight is 790 g/mol. The number of fused-ring (bicyclic) bond motifs is 2. The van der Waals surface area contributed by atoms with Crippen molar-refractivity contribution in [1.29, 1.82) is 0 Å². The monoisotopic (exact) mass is 789 g/mol. The van der Waals surface area contributed by atoms with E-state index in [9.17, 15) is 44.3 Å². The van der Waals surface area contributed by atoms with Crippen molar-refractivity contribution < 1.29 is 69.2 Å². The molecule has 53 heavy (non-hydrogen) atoms. The summed E-state index contributed by atoms with van der Waals surface area (Å²) in [7, 11) is 0. The Morgan fingerprint density at radius 2 is 1.36 bits per heavy atom. The highest BCUT2D eigenvalue weighted by Gasteiger charge is 2.43. The molecule has 1 fully saturated rings. The highest BCUT2D eigenvalue weighted by Crippen LogP contribution is 2.41. The standard InChI is InChI=1S/C25H29N5OS.3C2HF3O2/c31-24-21-16-29(14-19-2-1-7-26-13-19)8-3-22(21)27-23-12-25(18-30(23)24)5-9-28(10-6-25)15-20-4-11-32-17-20;3*3-2(4,5)1(6)7/h1-2,4,7,11,13,17H,3,5-6,8-10,12,14-16,18H2;3*(H,6,7). The summed E-state index contributed by atoms with van der Waals surface area (Å²) in [5.41, 5.74) is 4.98. The smallest absolute Gasteiger partial charge is 0.475 e. The fraction of sp³-hybridized carbons (Fsp3) is 0.484. The molecular weight excluding hydrogens is 757 g/mol. The van der Waals surface area contributed by atoms with E-state index in [4.69, 9.17) is 34.7 Å². The van der Waals surface area contributed by atoms with Gasteiger partial charge in [0.15, 0.2) is 0 Å². The maximum atomic E-state index is 13.5. The topological polar surface area (TPSA) is 166 Å². The summed E-state index contributed by atoms with van der Waals surface area (Å²) in [6, 6.07) is 6.30. The van der Waals surface area contributed by atoms with Gasteiger partial charge in [0.25, 0.3) is 5.56 Å². The molecule has 6 rings (SSSR count). The first-order valence-corrected chi connectivity index (χ1v) is 16.3. The van der Waals surface area contributed by atoms with E-state index >= 15 is 0 Å². The number of carboxylic acid groups (broad SMARTS) is 3. The van der Waals surface area contributed by atoms with Crippen molar-refractivity contribution in [2.24, 2.45) is 5.41 Å². The van der Waals surface area contributed by atoms with Crippen LogP contribution in [-0.2, 0) is 53.4 Å². The van der Waals surface area contributed by atoms with Crippen LogP contribution in [0.3, 0.4) is 0 Å². The normalized spacial score (nSPS) is 16.8. The number of alkyl halides is 9. The zero-order chi connectivity index (χ0) is 39.8. The summed E-state index contributed by atoms with van der Waals surface area (Å²) in [5.74, 6) is -7.24. The second-order valence-electron chi connectivity index (χ2n) is 12.2. The minimum absolute atomic E-state index is 0.207. The molecule has 1 spiro atoms. The summed E-state index contributed by atoms with van der Waals surface area (Å²) in [5, 5.41) is 25.8. The predicted molar refractivity (Wildman–Crippen MR) is 167 cm³/mol. The maximum absolute atomic E-state index is 13.5. The third kappa shape index (κ3) is 12.8. The van der Waals surface area contributed by atoms with E-state index in [1.54, 1.807) is 17.5 Å². The zero-order valence-corrected chi connectivity index (χ0v) is 28.2. The summed E-state index contributed by atoms with van der Waals surface area (Å²) < 4.78 is 97.2. The Balaban J connectivity index is 0.000000296. The molecule has 292 valence electrons. The average Bonchev–Trinajstić information content (AvgIpc) is 3.71. The van der Waals surface area contributed by atoms with Crippen LogP contribution >= 0.6 is 11.3 Å². The molecule has 0 bridgehead atoms. The van der Waals surface area contributed by atoms with Crippen LogP contribution in [-0.4, -0.2) is 95.7 Å². The molecular formula is C31H32F9N5O7S. The first-order valence-electron chi connectivity index (χ1n) is 15.4. The molecule has 0 aliphatic carbocycles. The summed E-state index contributed by atoms with van der Waals surface area (Å²) >= 11 is 1.77. The first-order chi connectivity index (χ1) is 24.5. The van der Waals surface area contributed by atoms with Gasteiger partial charge < -0.3 is 15.3 Å². The van der Waals surface area contributed by atoms with Gasteiger partial charge in [0, 0.05) is 58.0 Å². The van der Waals surface area contributed by atoms with Crippen LogP contribution in [0.1, 0.15) is 41.1 Å². The Morgan fingerprint density at radius 3 is 1.83 bits per heavy atom. The molecule has 12 nitrogen and oxygen atoms in total. The van der Waals surface area contributed by atoms with E-state index in [-0.39, 0.29) is 11.0 Å². The van der Waals surface area contributed by atoms with Crippen molar-refractivity contribution in [1.82, 2.24) is 24.3 Å². The minimum atomic E-state index is -5.08. The van der Waals surface area contributed by atoms with Crippen LogP contribution in [0.15, 0.2) is 46.1 Å². The van der Waals surface area contributed by atoms with Gasteiger partial charge in [-0.2, -0.15) is 50.9 Å². The van der Waals surface area contributed by atoms with Crippen LogP contribution in [0, 0.1) is 5.41 Å². The van der Waals surface area contributed by atoms with Crippen LogP contribution in [0.25, 0.3) is 0 Å². The van der Waals surface area contributed by atoms with Gasteiger partial charge in [-0.3, -0.25) is 24.1 Å². The quantitative estimate of drug-likeness (QED) is 0.305. The Hall–Kier alpha value is -4.57. The molecule has 3 aliphatic heterocycles. The number of halogens is 9. The van der Waals surface area contributed by atoms with Crippen molar-refractivity contribution in [2.45, 2.75) is 70.4 Å². The number of aromatic nitrogens is 3. The molecule has 0 atom stereocenters. The number of hydrogen-bond acceptors (Lipinski definition) is 9. The molecule has 22 heteroatoms. The van der Waals surface area contributed by atoms with Crippen LogP contribution in [0.2, 0.25) is 0 Å². The number of nitrogens with zero attached hydrogens (tertiary/aromatic N) is 5. The summed E-state index contributed by atoms with van der Waals surface area (Å²) in [6.07, 6.45) is -7.41. The van der Waals surface area contributed by atoms with Gasteiger partial charge in [-0.1, -0.05) is 6.07 Å². The van der Waals surface area contributed by atoms with Gasteiger partial charge in [-0.25, -0.2) is 19.4 Å². The highest BCUT2D eigenvalue weighted by molar-refractivity contribution is 7.07. The van der Waals surface area contributed by atoms with E-state index in [1.165, 1.54) is 11.1 Å². The van der Waals surface area contributed by atoms with E-state index in [0.717, 1.165) is 82.0 Å². The van der Waals surface area contributed by atoms with Gasteiger partial charge in [0.1, 0.15) is 5.82 Å². The molecule has 6 heterocycles. The number of pyridine rings is 1. The van der Waals surface area contributed by atoms with E-state index in [0.29, 0.717) is 6.54 Å². The Labute approximate surface area is 298 Å².